The number of rotatable bonds is 2. The van der Waals surface area contributed by atoms with Crippen molar-refractivity contribution in [1.82, 2.24) is 14.7 Å². The minimum atomic E-state index is -1.34. The standard InChI is InChI=1S/C20H25ClN4O3/c1-4-23-17(26)20(18(27)24(5-2)19(23)28)11-13-14(21)7-6-8-15(13)25-10-9-22(3)12-16(20)25/h6-8,16H,4-5,9-12H2,1-3H3/t16-/m1/s1. The van der Waals surface area contributed by atoms with Gasteiger partial charge in [-0.05, 0) is 38.6 Å². The van der Waals surface area contributed by atoms with Gasteiger partial charge in [0.05, 0.1) is 6.04 Å². The topological polar surface area (TPSA) is 64.2 Å². The lowest BCUT2D eigenvalue weighted by Crippen LogP contribution is -2.75. The van der Waals surface area contributed by atoms with Gasteiger partial charge in [-0.25, -0.2) is 4.79 Å². The number of amides is 4. The van der Waals surface area contributed by atoms with Crippen LogP contribution in [0.15, 0.2) is 18.2 Å². The summed E-state index contributed by atoms with van der Waals surface area (Å²) in [6.07, 6.45) is 0.217. The number of imide groups is 2. The first-order valence-corrected chi connectivity index (χ1v) is 10.1. The predicted molar refractivity (Wildman–Crippen MR) is 106 cm³/mol. The number of carbonyl (C=O) groups excluding carboxylic acids is 3. The van der Waals surface area contributed by atoms with Crippen LogP contribution in [-0.2, 0) is 16.0 Å². The van der Waals surface area contributed by atoms with Crippen LogP contribution in [0.2, 0.25) is 5.02 Å². The molecule has 2 saturated heterocycles. The number of likely N-dealkylation sites (N-methyl/N-ethyl adjacent to an activating group) is 1. The highest BCUT2D eigenvalue weighted by molar-refractivity contribution is 6.32. The van der Waals surface area contributed by atoms with Crippen molar-refractivity contribution in [3.63, 3.8) is 0 Å². The predicted octanol–water partition coefficient (Wildman–Crippen LogP) is 1.83. The van der Waals surface area contributed by atoms with Crippen molar-refractivity contribution < 1.29 is 14.4 Å². The van der Waals surface area contributed by atoms with Crippen LogP contribution >= 0.6 is 11.6 Å². The van der Waals surface area contributed by atoms with E-state index >= 15 is 0 Å². The quantitative estimate of drug-likeness (QED) is 0.704. The Labute approximate surface area is 169 Å². The van der Waals surface area contributed by atoms with Gasteiger partial charge in [-0.1, -0.05) is 17.7 Å². The minimum Gasteiger partial charge on any atom is -0.364 e. The van der Waals surface area contributed by atoms with Gasteiger partial charge in [0, 0.05) is 49.9 Å². The second-order valence-electron chi connectivity index (χ2n) is 7.74. The number of hydrogen-bond acceptors (Lipinski definition) is 5. The van der Waals surface area contributed by atoms with Gasteiger partial charge in [-0.2, -0.15) is 0 Å². The maximum Gasteiger partial charge on any atom is 0.333 e. The van der Waals surface area contributed by atoms with Crippen LogP contribution in [-0.4, -0.2) is 78.4 Å². The molecule has 1 atom stereocenters. The first kappa shape index (κ1) is 19.2. The fraction of sp³-hybridized carbons (Fsp3) is 0.550. The van der Waals surface area contributed by atoms with E-state index in [2.05, 4.69) is 9.80 Å². The molecule has 0 unspecified atom stereocenters. The monoisotopic (exact) mass is 404 g/mol. The van der Waals surface area contributed by atoms with Crippen LogP contribution < -0.4 is 4.90 Å². The Bertz CT molecular complexity index is 832. The zero-order valence-electron chi connectivity index (χ0n) is 16.4. The van der Waals surface area contributed by atoms with E-state index in [9.17, 15) is 14.4 Å². The van der Waals surface area contributed by atoms with Crippen LogP contribution in [0.5, 0.6) is 0 Å². The van der Waals surface area contributed by atoms with E-state index in [1.165, 1.54) is 9.80 Å². The summed E-state index contributed by atoms with van der Waals surface area (Å²) in [5.41, 5.74) is 0.458. The molecule has 0 aliphatic carbocycles. The van der Waals surface area contributed by atoms with E-state index < -0.39 is 23.3 Å². The van der Waals surface area contributed by atoms with Crippen molar-refractivity contribution in [2.24, 2.45) is 5.41 Å². The average molecular weight is 405 g/mol. The molecule has 28 heavy (non-hydrogen) atoms. The zero-order valence-corrected chi connectivity index (χ0v) is 17.2. The molecule has 0 radical (unpaired) electrons. The normalized spacial score (nSPS) is 24.6. The summed E-state index contributed by atoms with van der Waals surface area (Å²) >= 11 is 6.52. The SMILES string of the molecule is CCN1C(=O)N(CC)C(=O)C2(Cc3c(Cl)cccc3N3CCN(C)C[C@@H]32)C1=O. The minimum absolute atomic E-state index is 0.217. The molecule has 3 aliphatic rings. The molecular weight excluding hydrogens is 380 g/mol. The number of barbiturate groups is 1. The first-order valence-electron chi connectivity index (χ1n) is 9.77. The molecule has 1 aromatic carbocycles. The summed E-state index contributed by atoms with van der Waals surface area (Å²) in [4.78, 5) is 46.8. The molecule has 4 rings (SSSR count). The molecule has 1 spiro atoms. The molecule has 0 bridgehead atoms. The molecule has 150 valence electrons. The van der Waals surface area contributed by atoms with E-state index in [1.807, 2.05) is 19.2 Å². The maximum absolute atomic E-state index is 13.7. The lowest BCUT2D eigenvalue weighted by molar-refractivity contribution is -0.161. The van der Waals surface area contributed by atoms with Crippen molar-refractivity contribution in [2.75, 3.05) is 44.7 Å². The van der Waals surface area contributed by atoms with Crippen LogP contribution in [0.25, 0.3) is 0 Å². The Morgan fingerprint density at radius 3 is 2.32 bits per heavy atom. The smallest absolute Gasteiger partial charge is 0.333 e. The lowest BCUT2D eigenvalue weighted by Gasteiger charge is -2.56. The highest BCUT2D eigenvalue weighted by Gasteiger charge is 2.64. The van der Waals surface area contributed by atoms with Gasteiger partial charge < -0.3 is 9.80 Å². The van der Waals surface area contributed by atoms with Gasteiger partial charge in [0.1, 0.15) is 0 Å². The lowest BCUT2D eigenvalue weighted by atomic mass is 9.67. The number of urea groups is 1. The number of anilines is 1. The van der Waals surface area contributed by atoms with Crippen molar-refractivity contribution in [2.45, 2.75) is 26.3 Å². The largest absolute Gasteiger partial charge is 0.364 e. The first-order chi connectivity index (χ1) is 13.4. The van der Waals surface area contributed by atoms with Gasteiger partial charge in [0.25, 0.3) is 0 Å². The summed E-state index contributed by atoms with van der Waals surface area (Å²) in [5.74, 6) is -0.795. The highest BCUT2D eigenvalue weighted by Crippen LogP contribution is 2.48. The molecule has 8 heteroatoms. The van der Waals surface area contributed by atoms with Crippen LogP contribution in [0.1, 0.15) is 19.4 Å². The molecule has 4 amide bonds. The fourth-order valence-corrected chi connectivity index (χ4v) is 5.14. The van der Waals surface area contributed by atoms with Gasteiger partial charge in [-0.15, -0.1) is 0 Å². The third kappa shape index (κ3) is 2.42. The van der Waals surface area contributed by atoms with Crippen molar-refractivity contribution in [3.05, 3.63) is 28.8 Å². The molecule has 0 aromatic heterocycles. The van der Waals surface area contributed by atoms with E-state index in [0.29, 0.717) is 18.1 Å². The Kier molecular flexibility index (Phi) is 4.62. The second kappa shape index (κ2) is 6.74. The van der Waals surface area contributed by atoms with Crippen molar-refractivity contribution >= 4 is 35.1 Å². The summed E-state index contributed by atoms with van der Waals surface area (Å²) in [7, 11) is 2.00. The zero-order chi connectivity index (χ0) is 20.2. The van der Waals surface area contributed by atoms with E-state index in [1.54, 1.807) is 19.9 Å². The molecule has 7 nitrogen and oxygen atoms in total. The third-order valence-electron chi connectivity index (χ3n) is 6.36. The summed E-state index contributed by atoms with van der Waals surface area (Å²) in [5, 5.41) is 0.554. The fourth-order valence-electron chi connectivity index (χ4n) is 4.90. The molecule has 0 saturated carbocycles. The number of benzene rings is 1. The Morgan fingerprint density at radius 1 is 1.07 bits per heavy atom. The molecule has 3 aliphatic heterocycles. The van der Waals surface area contributed by atoms with Crippen LogP contribution in [0.3, 0.4) is 0 Å². The molecule has 1 aromatic rings. The van der Waals surface area contributed by atoms with E-state index in [0.717, 1.165) is 17.8 Å². The number of fused-ring (bicyclic) bond motifs is 4. The summed E-state index contributed by atoms with van der Waals surface area (Å²) in [6.45, 7) is 6.11. The van der Waals surface area contributed by atoms with Crippen molar-refractivity contribution in [3.8, 4) is 0 Å². The van der Waals surface area contributed by atoms with Crippen molar-refractivity contribution in [1.29, 1.82) is 0 Å². The molecule has 2 fully saturated rings. The number of nitrogens with zero attached hydrogens (tertiary/aromatic N) is 4. The molecule has 0 N–H and O–H groups in total. The summed E-state index contributed by atoms with van der Waals surface area (Å²) in [6, 6.07) is 4.84. The van der Waals surface area contributed by atoms with Gasteiger partial charge >= 0.3 is 6.03 Å². The number of hydrogen-bond donors (Lipinski definition) is 0. The van der Waals surface area contributed by atoms with Gasteiger partial charge in [0.15, 0.2) is 5.41 Å². The highest BCUT2D eigenvalue weighted by atomic mass is 35.5. The average Bonchev–Trinajstić information content (AvgIpc) is 2.67. The van der Waals surface area contributed by atoms with Crippen LogP contribution in [0.4, 0.5) is 10.5 Å². The Balaban J connectivity index is 1.94. The second-order valence-corrected chi connectivity index (χ2v) is 8.15. The molecular formula is C20H25ClN4O3. The molecule has 3 heterocycles. The van der Waals surface area contributed by atoms with E-state index in [4.69, 9.17) is 11.6 Å². The Morgan fingerprint density at radius 2 is 1.71 bits per heavy atom. The number of halogens is 1. The number of piperazine rings is 1. The maximum atomic E-state index is 13.7. The third-order valence-corrected chi connectivity index (χ3v) is 6.71. The van der Waals surface area contributed by atoms with Gasteiger partial charge in [-0.3, -0.25) is 19.4 Å². The van der Waals surface area contributed by atoms with E-state index in [-0.39, 0.29) is 25.6 Å². The summed E-state index contributed by atoms with van der Waals surface area (Å²) < 4.78 is 0. The van der Waals surface area contributed by atoms with Gasteiger partial charge in [0.2, 0.25) is 11.8 Å². The Hall–Kier alpha value is -2.12. The number of carbonyl (C=O) groups is 3. The van der Waals surface area contributed by atoms with Crippen LogP contribution in [0, 0.1) is 5.41 Å².